The van der Waals surface area contributed by atoms with Crippen LogP contribution in [0.5, 0.6) is 5.75 Å². The van der Waals surface area contributed by atoms with Gasteiger partial charge in [-0.25, -0.2) is 0 Å². The van der Waals surface area contributed by atoms with Crippen LogP contribution in [0.3, 0.4) is 0 Å². The maximum Gasteiger partial charge on any atom is 0.270 e. The molecule has 0 spiro atoms. The Kier molecular flexibility index (Phi) is 6.38. The van der Waals surface area contributed by atoms with Crippen LogP contribution in [-0.4, -0.2) is 33.0 Å². The quantitative estimate of drug-likeness (QED) is 0.394. The Balaban J connectivity index is 1.48. The van der Waals surface area contributed by atoms with Crippen LogP contribution in [0.2, 0.25) is 0 Å². The summed E-state index contributed by atoms with van der Waals surface area (Å²) >= 11 is 0. The third-order valence-corrected chi connectivity index (χ3v) is 6.40. The van der Waals surface area contributed by atoms with Crippen LogP contribution in [0.1, 0.15) is 54.4 Å². The minimum atomic E-state index is -0.695. The molecule has 7 heteroatoms. The molecule has 2 aromatic heterocycles. The van der Waals surface area contributed by atoms with Gasteiger partial charge in [0.2, 0.25) is 0 Å². The van der Waals surface area contributed by atoms with Crippen molar-refractivity contribution < 1.29 is 14.3 Å². The lowest BCUT2D eigenvalue weighted by atomic mass is 9.98. The zero-order valence-corrected chi connectivity index (χ0v) is 20.6. The van der Waals surface area contributed by atoms with Gasteiger partial charge in [-0.2, -0.15) is 5.10 Å². The molecule has 0 saturated heterocycles. The normalized spacial score (nSPS) is 13.7. The highest BCUT2D eigenvalue weighted by atomic mass is 16.5. The standard InChI is InChI=1S/C29H28N4O3/c1-18(2)20-4-6-23(7-5-20)28(19(3)34)36-24-10-8-21(9-11-24)25-26(22-12-14-30-15-13-22)32-33-17-16-31-29(35)27(25)33/h4-15,18,28H,16-17H2,1-3H3,(H,31,35). The van der Waals surface area contributed by atoms with Crippen LogP contribution < -0.4 is 10.1 Å². The van der Waals surface area contributed by atoms with Gasteiger partial charge in [-0.3, -0.25) is 19.3 Å². The molecule has 0 radical (unpaired) electrons. The predicted octanol–water partition coefficient (Wildman–Crippen LogP) is 5.19. The molecule has 4 aromatic rings. The van der Waals surface area contributed by atoms with E-state index in [1.807, 2.05) is 60.7 Å². The summed E-state index contributed by atoms with van der Waals surface area (Å²) < 4.78 is 7.89. The van der Waals surface area contributed by atoms with Crippen molar-refractivity contribution in [3.05, 3.63) is 89.9 Å². The number of hydrogen-bond donors (Lipinski definition) is 1. The van der Waals surface area contributed by atoms with Gasteiger partial charge in [-0.15, -0.1) is 0 Å². The summed E-state index contributed by atoms with van der Waals surface area (Å²) in [4.78, 5) is 29.3. The van der Waals surface area contributed by atoms with Gasteiger partial charge < -0.3 is 10.1 Å². The summed E-state index contributed by atoms with van der Waals surface area (Å²) in [5, 5.41) is 7.67. The maximum absolute atomic E-state index is 12.8. The van der Waals surface area contributed by atoms with Crippen molar-refractivity contribution in [2.45, 2.75) is 39.3 Å². The fraction of sp³-hybridized carbons (Fsp3) is 0.241. The Morgan fingerprint density at radius 1 is 0.944 bits per heavy atom. The molecule has 0 fully saturated rings. The van der Waals surface area contributed by atoms with E-state index in [4.69, 9.17) is 9.84 Å². The molecule has 1 amide bonds. The number of aromatic nitrogens is 3. The number of carbonyl (C=O) groups excluding carboxylic acids is 2. The molecule has 1 atom stereocenters. The molecule has 5 rings (SSSR count). The van der Waals surface area contributed by atoms with Crippen LogP contribution >= 0.6 is 0 Å². The Labute approximate surface area is 210 Å². The molecule has 0 saturated carbocycles. The van der Waals surface area contributed by atoms with E-state index >= 15 is 0 Å². The second-order valence-electron chi connectivity index (χ2n) is 9.24. The van der Waals surface area contributed by atoms with Gasteiger partial charge in [0.05, 0.1) is 6.54 Å². The molecule has 0 aliphatic carbocycles. The molecule has 1 N–H and O–H groups in total. The SMILES string of the molecule is CC(=O)C(Oc1ccc(-c2c(-c3ccncc3)nn3c2C(=O)NCC3)cc1)c1ccc(C(C)C)cc1. The number of Topliss-reactive ketones (excluding diaryl/α,β-unsaturated/α-hetero) is 1. The van der Waals surface area contributed by atoms with Gasteiger partial charge in [0.1, 0.15) is 17.1 Å². The lowest BCUT2D eigenvalue weighted by molar-refractivity contribution is -0.123. The molecule has 3 heterocycles. The van der Waals surface area contributed by atoms with E-state index in [9.17, 15) is 9.59 Å². The summed E-state index contributed by atoms with van der Waals surface area (Å²) in [7, 11) is 0. The predicted molar refractivity (Wildman–Crippen MR) is 138 cm³/mol. The van der Waals surface area contributed by atoms with Crippen molar-refractivity contribution >= 4 is 11.7 Å². The number of carbonyl (C=O) groups is 2. The second kappa shape index (κ2) is 9.77. The molecule has 7 nitrogen and oxygen atoms in total. The van der Waals surface area contributed by atoms with Gasteiger partial charge in [-0.1, -0.05) is 50.2 Å². The molecular weight excluding hydrogens is 452 g/mol. The van der Waals surface area contributed by atoms with Crippen LogP contribution in [-0.2, 0) is 11.3 Å². The molecule has 36 heavy (non-hydrogen) atoms. The first-order chi connectivity index (χ1) is 17.4. The van der Waals surface area contributed by atoms with Crippen molar-refractivity contribution in [3.8, 4) is 28.1 Å². The minimum absolute atomic E-state index is 0.0706. The molecule has 1 unspecified atom stereocenters. The zero-order valence-electron chi connectivity index (χ0n) is 20.6. The first kappa shape index (κ1) is 23.5. The number of ether oxygens (including phenoxy) is 1. The summed E-state index contributed by atoms with van der Waals surface area (Å²) in [6, 6.07) is 19.2. The van der Waals surface area contributed by atoms with E-state index in [0.29, 0.717) is 30.5 Å². The Hall–Kier alpha value is -4.26. The molecule has 182 valence electrons. The minimum Gasteiger partial charge on any atom is -0.478 e. The third-order valence-electron chi connectivity index (χ3n) is 6.40. The van der Waals surface area contributed by atoms with Gasteiger partial charge in [0, 0.05) is 30.1 Å². The summed E-state index contributed by atoms with van der Waals surface area (Å²) in [6.45, 7) is 6.96. The Morgan fingerprint density at radius 2 is 1.61 bits per heavy atom. The Morgan fingerprint density at radius 3 is 2.25 bits per heavy atom. The molecule has 1 aliphatic rings. The second-order valence-corrected chi connectivity index (χ2v) is 9.24. The van der Waals surface area contributed by atoms with Gasteiger partial charge in [-0.05, 0) is 53.8 Å². The van der Waals surface area contributed by atoms with Crippen LogP contribution in [0.4, 0.5) is 0 Å². The smallest absolute Gasteiger partial charge is 0.270 e. The number of nitrogens with zero attached hydrogens (tertiary/aromatic N) is 3. The average Bonchev–Trinajstić information content (AvgIpc) is 3.29. The van der Waals surface area contributed by atoms with E-state index < -0.39 is 6.10 Å². The summed E-state index contributed by atoms with van der Waals surface area (Å²) in [6.07, 6.45) is 2.73. The number of fused-ring (bicyclic) bond motifs is 1. The van der Waals surface area contributed by atoms with Crippen molar-refractivity contribution in [2.24, 2.45) is 0 Å². The van der Waals surface area contributed by atoms with Crippen molar-refractivity contribution in [1.82, 2.24) is 20.1 Å². The van der Waals surface area contributed by atoms with Crippen LogP contribution in [0.25, 0.3) is 22.4 Å². The van der Waals surface area contributed by atoms with Crippen LogP contribution in [0.15, 0.2) is 73.1 Å². The number of nitrogens with one attached hydrogen (secondary N) is 1. The number of rotatable bonds is 7. The molecule has 2 aromatic carbocycles. The monoisotopic (exact) mass is 480 g/mol. The highest BCUT2D eigenvalue weighted by Crippen LogP contribution is 2.36. The largest absolute Gasteiger partial charge is 0.478 e. The first-order valence-electron chi connectivity index (χ1n) is 12.1. The van der Waals surface area contributed by atoms with E-state index in [-0.39, 0.29) is 11.7 Å². The third kappa shape index (κ3) is 4.52. The molecule has 1 aliphatic heterocycles. The fourth-order valence-corrected chi connectivity index (χ4v) is 4.48. The number of pyridine rings is 1. The molecule has 0 bridgehead atoms. The average molecular weight is 481 g/mol. The maximum atomic E-state index is 12.8. The van der Waals surface area contributed by atoms with Crippen molar-refractivity contribution in [1.29, 1.82) is 0 Å². The van der Waals surface area contributed by atoms with Crippen LogP contribution in [0, 0.1) is 0 Å². The van der Waals surface area contributed by atoms with Crippen molar-refractivity contribution in [3.63, 3.8) is 0 Å². The van der Waals surface area contributed by atoms with E-state index in [1.165, 1.54) is 12.5 Å². The summed E-state index contributed by atoms with van der Waals surface area (Å²) in [5.74, 6) is 0.768. The zero-order chi connectivity index (χ0) is 25.2. The highest BCUT2D eigenvalue weighted by molar-refractivity contribution is 6.03. The number of benzene rings is 2. The summed E-state index contributed by atoms with van der Waals surface area (Å²) in [5.41, 5.74) is 5.78. The topological polar surface area (TPSA) is 86.1 Å². The van der Waals surface area contributed by atoms with Gasteiger partial charge in [0.25, 0.3) is 5.91 Å². The van der Waals surface area contributed by atoms with Gasteiger partial charge in [0.15, 0.2) is 11.9 Å². The lowest BCUT2D eigenvalue weighted by Crippen LogP contribution is -2.35. The lowest BCUT2D eigenvalue weighted by Gasteiger charge is -2.18. The van der Waals surface area contributed by atoms with Crippen molar-refractivity contribution in [2.75, 3.05) is 6.54 Å². The number of ketones is 1. The fourth-order valence-electron chi connectivity index (χ4n) is 4.48. The molecular formula is C29H28N4O3. The van der Waals surface area contributed by atoms with E-state index in [1.54, 1.807) is 17.1 Å². The van der Waals surface area contributed by atoms with Gasteiger partial charge >= 0.3 is 0 Å². The Bertz CT molecular complexity index is 1390. The van der Waals surface area contributed by atoms with E-state index in [2.05, 4.69) is 24.1 Å². The highest BCUT2D eigenvalue weighted by Gasteiger charge is 2.28. The number of amides is 1. The van der Waals surface area contributed by atoms with E-state index in [0.717, 1.165) is 27.9 Å². The number of hydrogen-bond acceptors (Lipinski definition) is 5. The first-order valence-corrected chi connectivity index (χ1v) is 12.1.